The molecule has 0 spiro atoms. The van der Waals surface area contributed by atoms with Crippen molar-refractivity contribution < 1.29 is 41.3 Å². The molecule has 0 aromatic rings. The third kappa shape index (κ3) is 1.42. The Kier molecular flexibility index (Phi) is 2.65. The van der Waals surface area contributed by atoms with Crippen LogP contribution in [0.1, 0.15) is 0 Å². The Labute approximate surface area is 83.5 Å². The average Bonchev–Trinajstić information content (AvgIpc) is 2.14. The molecule has 9 heteroatoms. The number of allylic oxidation sites excluding steroid dienone is 2. The topological polar surface area (TPSA) is 46.5 Å². The maximum absolute atomic E-state index is 12.8. The van der Waals surface area contributed by atoms with E-state index < -0.39 is 41.0 Å². The van der Waals surface area contributed by atoms with Crippen molar-refractivity contribution >= 4 is 5.97 Å². The molecule has 1 aliphatic rings. The van der Waals surface area contributed by atoms with Crippen molar-refractivity contribution in [1.29, 1.82) is 0 Å². The summed E-state index contributed by atoms with van der Waals surface area (Å²) in [6.45, 7) is 0. The molecule has 0 aromatic heterocycles. The largest absolute Gasteiger partial charge is 0.478 e. The van der Waals surface area contributed by atoms with Crippen molar-refractivity contribution in [2.75, 3.05) is 0 Å². The summed E-state index contributed by atoms with van der Waals surface area (Å²) in [6.07, 6.45) is -0.422. The minimum Gasteiger partial charge on any atom is -0.478 e. The maximum atomic E-state index is 12.8. The highest BCUT2D eigenvalue weighted by atomic mass is 19.3. The molecule has 0 fully saturated rings. The summed E-state index contributed by atoms with van der Waals surface area (Å²) >= 11 is 0. The first-order valence-corrected chi connectivity index (χ1v) is 3.56. The standard InChI is InChI=1S/C7H2F6O3/c8-3-1-2(5(14)15)4(16-13)7(11,12)6(3,9)10/h1H,(H,14,15). The number of hydrogen-bond acceptors (Lipinski definition) is 2. The molecule has 0 amide bonds. The zero-order chi connectivity index (χ0) is 12.7. The predicted octanol–water partition coefficient (Wildman–Crippen LogP) is 2.36. The third-order valence-corrected chi connectivity index (χ3v) is 1.80. The molecular formula is C7H2F6O3. The van der Waals surface area contributed by atoms with E-state index in [2.05, 4.69) is 4.94 Å². The monoisotopic (exact) mass is 248 g/mol. The molecule has 0 radical (unpaired) electrons. The zero-order valence-corrected chi connectivity index (χ0v) is 7.11. The molecule has 1 N–H and O–H groups in total. The van der Waals surface area contributed by atoms with Crippen molar-refractivity contribution in [2.24, 2.45) is 0 Å². The van der Waals surface area contributed by atoms with Crippen molar-refractivity contribution in [2.45, 2.75) is 11.8 Å². The summed E-state index contributed by atoms with van der Waals surface area (Å²) in [5.74, 6) is -18.1. The molecule has 0 saturated carbocycles. The average molecular weight is 248 g/mol. The van der Waals surface area contributed by atoms with Crippen molar-refractivity contribution in [1.82, 2.24) is 0 Å². The lowest BCUT2D eigenvalue weighted by molar-refractivity contribution is -0.229. The van der Waals surface area contributed by atoms with Gasteiger partial charge in [0.1, 0.15) is 5.57 Å². The number of carboxylic acids is 1. The van der Waals surface area contributed by atoms with E-state index in [0.29, 0.717) is 0 Å². The fraction of sp³-hybridized carbons (Fsp3) is 0.286. The quantitative estimate of drug-likeness (QED) is 0.763. The molecule has 0 aromatic carbocycles. The minimum atomic E-state index is -5.41. The van der Waals surface area contributed by atoms with Gasteiger partial charge in [-0.2, -0.15) is 17.6 Å². The van der Waals surface area contributed by atoms with Gasteiger partial charge in [-0.3, -0.25) is 4.94 Å². The Morgan fingerprint density at radius 1 is 1.25 bits per heavy atom. The molecule has 1 rings (SSSR count). The summed E-state index contributed by atoms with van der Waals surface area (Å²) in [7, 11) is 0. The van der Waals surface area contributed by atoms with Gasteiger partial charge in [-0.05, 0) is 6.08 Å². The van der Waals surface area contributed by atoms with Crippen LogP contribution in [0.15, 0.2) is 23.2 Å². The fourth-order valence-electron chi connectivity index (χ4n) is 0.993. The molecule has 0 unspecified atom stereocenters. The molecule has 0 aliphatic heterocycles. The SMILES string of the molecule is O=C(O)C1=C(OF)C(F)(F)C(F)(F)C(F)=C1. The van der Waals surface area contributed by atoms with E-state index in [1.807, 2.05) is 0 Å². The minimum absolute atomic E-state index is 0.422. The van der Waals surface area contributed by atoms with Crippen LogP contribution in [-0.4, -0.2) is 22.9 Å². The Morgan fingerprint density at radius 3 is 2.12 bits per heavy atom. The van der Waals surface area contributed by atoms with Gasteiger partial charge in [0, 0.05) is 4.53 Å². The fourth-order valence-corrected chi connectivity index (χ4v) is 0.993. The number of rotatable bonds is 2. The summed E-state index contributed by atoms with van der Waals surface area (Å²) in [4.78, 5) is 12.7. The Balaban J connectivity index is 3.50. The Morgan fingerprint density at radius 2 is 1.75 bits per heavy atom. The van der Waals surface area contributed by atoms with Crippen molar-refractivity contribution in [3.63, 3.8) is 0 Å². The maximum Gasteiger partial charge on any atom is 0.377 e. The zero-order valence-electron chi connectivity index (χ0n) is 7.11. The van der Waals surface area contributed by atoms with Gasteiger partial charge in [0.2, 0.25) is 5.76 Å². The van der Waals surface area contributed by atoms with Gasteiger partial charge in [0.05, 0.1) is 0 Å². The Hall–Kier alpha value is -1.67. The van der Waals surface area contributed by atoms with Gasteiger partial charge in [0.25, 0.3) is 0 Å². The van der Waals surface area contributed by atoms with Gasteiger partial charge < -0.3 is 5.11 Å². The number of aliphatic carboxylic acids is 1. The molecular weight excluding hydrogens is 246 g/mol. The molecule has 3 nitrogen and oxygen atoms in total. The van der Waals surface area contributed by atoms with Crippen LogP contribution in [-0.2, 0) is 9.74 Å². The summed E-state index contributed by atoms with van der Waals surface area (Å²) in [5, 5.41) is 8.27. The molecule has 16 heavy (non-hydrogen) atoms. The molecule has 0 saturated heterocycles. The first-order chi connectivity index (χ1) is 7.16. The van der Waals surface area contributed by atoms with Gasteiger partial charge in [-0.1, -0.05) is 0 Å². The Bertz CT molecular complexity index is 397. The van der Waals surface area contributed by atoms with Crippen LogP contribution in [0.5, 0.6) is 0 Å². The highest BCUT2D eigenvalue weighted by Gasteiger charge is 2.67. The van der Waals surface area contributed by atoms with Gasteiger partial charge in [0.15, 0.2) is 5.83 Å². The van der Waals surface area contributed by atoms with E-state index in [1.165, 1.54) is 0 Å². The molecule has 90 valence electrons. The van der Waals surface area contributed by atoms with Crippen LogP contribution < -0.4 is 0 Å². The summed E-state index contributed by atoms with van der Waals surface area (Å²) in [6, 6.07) is 0. The lowest BCUT2D eigenvalue weighted by atomic mass is 9.97. The summed E-state index contributed by atoms with van der Waals surface area (Å²) < 4.78 is 74.9. The third-order valence-electron chi connectivity index (χ3n) is 1.80. The molecule has 0 heterocycles. The molecule has 0 atom stereocenters. The predicted molar refractivity (Wildman–Crippen MR) is 35.9 cm³/mol. The number of carboxylic acid groups (broad SMARTS) is 1. The van der Waals surface area contributed by atoms with Crippen LogP contribution in [0.25, 0.3) is 0 Å². The highest BCUT2D eigenvalue weighted by molar-refractivity contribution is 5.91. The second-order valence-electron chi connectivity index (χ2n) is 2.77. The number of carbonyl (C=O) groups is 1. The molecule has 1 aliphatic carbocycles. The summed E-state index contributed by atoms with van der Waals surface area (Å²) in [5.41, 5.74) is -1.71. The number of hydrogen-bond donors (Lipinski definition) is 1. The van der Waals surface area contributed by atoms with E-state index in [4.69, 9.17) is 5.11 Å². The lowest BCUT2D eigenvalue weighted by Crippen LogP contribution is -2.46. The second-order valence-corrected chi connectivity index (χ2v) is 2.77. The van der Waals surface area contributed by atoms with E-state index in [1.54, 1.807) is 0 Å². The van der Waals surface area contributed by atoms with Gasteiger partial charge in [-0.25, -0.2) is 9.18 Å². The van der Waals surface area contributed by atoms with E-state index in [-0.39, 0.29) is 0 Å². The number of halogens is 6. The van der Waals surface area contributed by atoms with Crippen LogP contribution in [0.4, 0.5) is 26.5 Å². The normalized spacial score (nSPS) is 22.8. The van der Waals surface area contributed by atoms with Crippen molar-refractivity contribution in [3.05, 3.63) is 23.2 Å². The smallest absolute Gasteiger partial charge is 0.377 e. The number of alkyl halides is 4. The van der Waals surface area contributed by atoms with Crippen LogP contribution in [0.3, 0.4) is 0 Å². The van der Waals surface area contributed by atoms with Crippen LogP contribution in [0, 0.1) is 0 Å². The van der Waals surface area contributed by atoms with Crippen molar-refractivity contribution in [3.8, 4) is 0 Å². The first kappa shape index (κ1) is 12.4. The van der Waals surface area contributed by atoms with E-state index in [0.717, 1.165) is 0 Å². The van der Waals surface area contributed by atoms with Gasteiger partial charge in [-0.15, -0.1) is 0 Å². The van der Waals surface area contributed by atoms with E-state index in [9.17, 15) is 31.3 Å². The first-order valence-electron chi connectivity index (χ1n) is 3.56. The molecule has 0 bridgehead atoms. The van der Waals surface area contributed by atoms with Crippen LogP contribution in [0.2, 0.25) is 0 Å². The van der Waals surface area contributed by atoms with Gasteiger partial charge >= 0.3 is 17.8 Å². The second kappa shape index (κ2) is 3.42. The highest BCUT2D eigenvalue weighted by Crippen LogP contribution is 2.49. The van der Waals surface area contributed by atoms with Crippen LogP contribution >= 0.6 is 0 Å². The van der Waals surface area contributed by atoms with E-state index >= 15 is 0 Å². The lowest BCUT2D eigenvalue weighted by Gasteiger charge is -2.28.